The number of amides is 5. The summed E-state index contributed by atoms with van der Waals surface area (Å²) in [5.74, 6) is -0.487. The number of hydrogen-bond acceptors (Lipinski definition) is 5. The second-order valence-corrected chi connectivity index (χ2v) is 5.88. The lowest BCUT2D eigenvalue weighted by atomic mass is 10.2. The van der Waals surface area contributed by atoms with E-state index in [0.717, 1.165) is 0 Å². The van der Waals surface area contributed by atoms with Crippen LogP contribution in [0.4, 0.5) is 4.79 Å². The molecule has 0 unspecified atom stereocenters. The molecule has 0 aliphatic carbocycles. The highest BCUT2D eigenvalue weighted by molar-refractivity contribution is 6.01. The third-order valence-corrected chi connectivity index (χ3v) is 3.91. The molecule has 2 rings (SSSR count). The van der Waals surface area contributed by atoms with Crippen LogP contribution in [0.2, 0.25) is 0 Å². The van der Waals surface area contributed by atoms with E-state index in [1.165, 1.54) is 16.9 Å². The first-order valence-corrected chi connectivity index (χ1v) is 8.21. The third-order valence-electron chi connectivity index (χ3n) is 3.91. The van der Waals surface area contributed by atoms with Crippen molar-refractivity contribution in [3.05, 3.63) is 29.8 Å². The summed E-state index contributed by atoms with van der Waals surface area (Å²) in [5.41, 5.74) is 5.03. The number of nitrogens with zero attached hydrogens (tertiary/aromatic N) is 2. The Balaban J connectivity index is 1.66. The highest BCUT2D eigenvalue weighted by Gasteiger charge is 2.32. The Kier molecular flexibility index (Phi) is 6.54. The van der Waals surface area contributed by atoms with Crippen molar-refractivity contribution in [2.45, 2.75) is 19.3 Å². The van der Waals surface area contributed by atoms with Gasteiger partial charge in [-0.2, -0.15) is 0 Å². The molecular formula is C17H22N4O5. The maximum Gasteiger partial charge on any atom is 0.326 e. The quantitative estimate of drug-likeness (QED) is 0.418. The van der Waals surface area contributed by atoms with Gasteiger partial charge in [-0.1, -0.05) is 6.07 Å². The maximum atomic E-state index is 12.0. The molecule has 1 heterocycles. The van der Waals surface area contributed by atoms with Crippen molar-refractivity contribution in [3.8, 4) is 5.75 Å². The summed E-state index contributed by atoms with van der Waals surface area (Å²) in [7, 11) is 3.07. The van der Waals surface area contributed by atoms with E-state index in [4.69, 9.17) is 4.74 Å². The van der Waals surface area contributed by atoms with Gasteiger partial charge in [0.2, 0.25) is 11.8 Å². The number of likely N-dealkylation sites (N-methyl/N-ethyl adjacent to an activating group) is 1. The number of methoxy groups -OCH3 is 1. The minimum Gasteiger partial charge on any atom is -0.497 e. The minimum absolute atomic E-state index is 0.0929. The van der Waals surface area contributed by atoms with Crippen molar-refractivity contribution >= 4 is 23.8 Å². The Hall–Kier alpha value is -3.10. The van der Waals surface area contributed by atoms with Crippen molar-refractivity contribution in [1.29, 1.82) is 0 Å². The number of rotatable bonds is 7. The van der Waals surface area contributed by atoms with Crippen molar-refractivity contribution in [2.24, 2.45) is 0 Å². The lowest BCUT2D eigenvalue weighted by Crippen LogP contribution is -2.41. The molecule has 5 amide bonds. The lowest BCUT2D eigenvalue weighted by molar-refractivity contribution is -0.125. The van der Waals surface area contributed by atoms with Crippen LogP contribution in [0, 0.1) is 0 Å². The first kappa shape index (κ1) is 19.2. The van der Waals surface area contributed by atoms with Crippen LogP contribution in [0.25, 0.3) is 0 Å². The largest absolute Gasteiger partial charge is 0.497 e. The van der Waals surface area contributed by atoms with Crippen molar-refractivity contribution in [1.82, 2.24) is 20.7 Å². The van der Waals surface area contributed by atoms with Crippen LogP contribution in [-0.4, -0.2) is 60.8 Å². The number of hydrazine groups is 1. The maximum absolute atomic E-state index is 12.0. The molecule has 26 heavy (non-hydrogen) atoms. The lowest BCUT2D eigenvalue weighted by Gasteiger charge is -2.13. The van der Waals surface area contributed by atoms with Crippen LogP contribution in [0.15, 0.2) is 24.3 Å². The Morgan fingerprint density at radius 1 is 1.19 bits per heavy atom. The number of carbonyl (C=O) groups is 4. The Bertz CT molecular complexity index is 706. The summed E-state index contributed by atoms with van der Waals surface area (Å²) in [4.78, 5) is 49.6. The zero-order valence-electron chi connectivity index (χ0n) is 14.8. The van der Waals surface area contributed by atoms with E-state index < -0.39 is 5.91 Å². The number of hydrogen-bond donors (Lipinski definition) is 2. The van der Waals surface area contributed by atoms with Gasteiger partial charge in [0.1, 0.15) is 12.3 Å². The fraction of sp³-hybridized carbons (Fsp3) is 0.412. The zero-order valence-corrected chi connectivity index (χ0v) is 14.8. The van der Waals surface area contributed by atoms with Gasteiger partial charge in [-0.3, -0.25) is 30.1 Å². The Morgan fingerprint density at radius 2 is 1.96 bits per heavy atom. The fourth-order valence-electron chi connectivity index (χ4n) is 2.47. The standard InChI is InChI=1S/C17H22N4O5/c1-20-11-15(23)21(17(20)25)9-4-3-8-14(22)18-19-16(24)12-6-5-7-13(10-12)26-2/h5-7,10H,3-4,8-9,11H2,1-2H3,(H,18,22)(H,19,24). The van der Waals surface area contributed by atoms with Crippen LogP contribution < -0.4 is 15.6 Å². The average Bonchev–Trinajstić information content (AvgIpc) is 2.88. The topological polar surface area (TPSA) is 108 Å². The first-order valence-electron chi connectivity index (χ1n) is 8.21. The van der Waals surface area contributed by atoms with E-state index in [9.17, 15) is 19.2 Å². The molecule has 1 fully saturated rings. The molecule has 0 spiro atoms. The number of unbranched alkanes of at least 4 members (excludes halogenated alkanes) is 1. The Morgan fingerprint density at radius 3 is 2.62 bits per heavy atom. The van der Waals surface area contributed by atoms with Gasteiger partial charge in [-0.15, -0.1) is 0 Å². The number of imide groups is 1. The van der Waals surface area contributed by atoms with Crippen molar-refractivity contribution in [3.63, 3.8) is 0 Å². The molecule has 1 saturated heterocycles. The van der Waals surface area contributed by atoms with Gasteiger partial charge in [0.15, 0.2) is 0 Å². The van der Waals surface area contributed by atoms with Crippen LogP contribution in [0.3, 0.4) is 0 Å². The second kappa shape index (κ2) is 8.84. The monoisotopic (exact) mass is 362 g/mol. The molecule has 9 heteroatoms. The summed E-state index contributed by atoms with van der Waals surface area (Å²) in [6, 6.07) is 6.23. The van der Waals surface area contributed by atoms with E-state index in [2.05, 4.69) is 10.9 Å². The SMILES string of the molecule is COc1cccc(C(=O)NNC(=O)CCCCN2C(=O)CN(C)C2=O)c1. The number of nitrogens with one attached hydrogen (secondary N) is 2. The third kappa shape index (κ3) is 4.95. The summed E-state index contributed by atoms with van der Waals surface area (Å²) in [5, 5.41) is 0. The molecule has 1 aromatic rings. The highest BCUT2D eigenvalue weighted by atomic mass is 16.5. The van der Waals surface area contributed by atoms with Crippen molar-refractivity contribution in [2.75, 3.05) is 27.2 Å². The summed E-state index contributed by atoms with van der Waals surface area (Å²) in [6.45, 7) is 0.376. The molecule has 0 atom stereocenters. The predicted molar refractivity (Wildman–Crippen MR) is 92.2 cm³/mol. The molecule has 140 valence electrons. The van der Waals surface area contributed by atoms with Gasteiger partial charge in [-0.25, -0.2) is 4.79 Å². The van der Waals surface area contributed by atoms with Gasteiger partial charge in [-0.05, 0) is 31.0 Å². The van der Waals surface area contributed by atoms with Gasteiger partial charge in [0.25, 0.3) is 5.91 Å². The number of carbonyl (C=O) groups excluding carboxylic acids is 4. The molecule has 1 aliphatic rings. The van der Waals surface area contributed by atoms with Crippen LogP contribution in [-0.2, 0) is 9.59 Å². The average molecular weight is 362 g/mol. The summed E-state index contributed by atoms with van der Waals surface area (Å²) in [6.07, 6.45) is 1.18. The minimum atomic E-state index is -0.450. The Labute approximate surface area is 151 Å². The van der Waals surface area contributed by atoms with E-state index in [-0.39, 0.29) is 37.4 Å². The second-order valence-electron chi connectivity index (χ2n) is 5.88. The van der Waals surface area contributed by atoms with Crippen LogP contribution in [0.1, 0.15) is 29.6 Å². The van der Waals surface area contributed by atoms with Crippen LogP contribution >= 0.6 is 0 Å². The predicted octanol–water partition coefficient (Wildman–Crippen LogP) is 0.520. The zero-order chi connectivity index (χ0) is 19.1. The number of ether oxygens (including phenoxy) is 1. The molecule has 9 nitrogen and oxygen atoms in total. The van der Waals surface area contributed by atoms with Gasteiger partial charge >= 0.3 is 6.03 Å². The van der Waals surface area contributed by atoms with E-state index in [0.29, 0.717) is 24.2 Å². The molecule has 0 radical (unpaired) electrons. The molecule has 2 N–H and O–H groups in total. The number of urea groups is 1. The van der Waals surface area contributed by atoms with Crippen LogP contribution in [0.5, 0.6) is 5.75 Å². The smallest absolute Gasteiger partial charge is 0.326 e. The van der Waals surface area contributed by atoms with E-state index >= 15 is 0 Å². The van der Waals surface area contributed by atoms with Gasteiger partial charge < -0.3 is 9.64 Å². The van der Waals surface area contributed by atoms with Crippen molar-refractivity contribution < 1.29 is 23.9 Å². The molecule has 0 aromatic heterocycles. The fourth-order valence-corrected chi connectivity index (χ4v) is 2.47. The van der Waals surface area contributed by atoms with Gasteiger partial charge in [0, 0.05) is 25.6 Å². The number of benzene rings is 1. The van der Waals surface area contributed by atoms with Gasteiger partial charge in [0.05, 0.1) is 7.11 Å². The van der Waals surface area contributed by atoms with E-state index in [1.54, 1.807) is 31.3 Å². The summed E-state index contributed by atoms with van der Waals surface area (Å²) >= 11 is 0. The molecule has 1 aliphatic heterocycles. The molecular weight excluding hydrogens is 340 g/mol. The first-order chi connectivity index (χ1) is 12.4. The normalized spacial score (nSPS) is 13.8. The molecule has 0 saturated carbocycles. The van der Waals surface area contributed by atoms with E-state index in [1.807, 2.05) is 0 Å². The molecule has 1 aromatic carbocycles. The highest BCUT2D eigenvalue weighted by Crippen LogP contribution is 2.12. The summed E-state index contributed by atoms with van der Waals surface area (Å²) < 4.78 is 5.04. The molecule has 0 bridgehead atoms.